The van der Waals surface area contributed by atoms with Crippen LogP contribution in [0.5, 0.6) is 0 Å². The summed E-state index contributed by atoms with van der Waals surface area (Å²) in [6.45, 7) is 1.95. The Hall–Kier alpha value is -0.830. The second-order valence-corrected chi connectivity index (χ2v) is 3.57. The average molecular weight is 166 g/mol. The summed E-state index contributed by atoms with van der Waals surface area (Å²) in [5.74, 6) is 0. The summed E-state index contributed by atoms with van der Waals surface area (Å²) in [5.41, 5.74) is 0. The lowest BCUT2D eigenvalue weighted by Gasteiger charge is -2.08. The molecular formula is C8H10N2S. The molecule has 0 spiro atoms. The summed E-state index contributed by atoms with van der Waals surface area (Å²) in [7, 11) is 2.09. The van der Waals surface area contributed by atoms with Crippen molar-refractivity contribution in [2.75, 3.05) is 20.1 Å². The molecule has 0 aliphatic carbocycles. The van der Waals surface area contributed by atoms with Crippen LogP contribution in [0.4, 0.5) is 0 Å². The maximum atomic E-state index is 4.44. The van der Waals surface area contributed by atoms with Gasteiger partial charge in [-0.05, 0) is 11.4 Å². The van der Waals surface area contributed by atoms with Crippen molar-refractivity contribution >= 4 is 17.5 Å². The second-order valence-electron chi connectivity index (χ2n) is 2.67. The average Bonchev–Trinajstić information content (AvgIpc) is 2.31. The van der Waals surface area contributed by atoms with Crippen molar-refractivity contribution in [3.8, 4) is 0 Å². The van der Waals surface area contributed by atoms with E-state index in [1.54, 1.807) is 11.3 Å². The molecule has 2 heterocycles. The van der Waals surface area contributed by atoms with Crippen LogP contribution in [0.15, 0.2) is 16.4 Å². The van der Waals surface area contributed by atoms with Crippen LogP contribution in [0, 0.1) is 0 Å². The van der Waals surface area contributed by atoms with Crippen LogP contribution >= 0.6 is 11.3 Å². The van der Waals surface area contributed by atoms with Crippen molar-refractivity contribution in [2.24, 2.45) is 4.99 Å². The number of hydrogen-bond donors (Lipinski definition) is 0. The number of thiophene rings is 1. The first-order chi connectivity index (χ1) is 5.36. The number of likely N-dealkylation sites (N-methyl/N-ethyl adjacent to an activating group) is 1. The van der Waals surface area contributed by atoms with Gasteiger partial charge in [0, 0.05) is 25.0 Å². The molecule has 0 saturated heterocycles. The Morgan fingerprint density at radius 3 is 3.45 bits per heavy atom. The molecule has 0 atom stereocenters. The predicted octanol–water partition coefficient (Wildman–Crippen LogP) is 0.0511. The molecule has 0 aromatic carbocycles. The molecule has 1 aromatic heterocycles. The van der Waals surface area contributed by atoms with Gasteiger partial charge in [0.05, 0.1) is 6.54 Å². The normalized spacial score (nSPS) is 16.3. The van der Waals surface area contributed by atoms with Crippen LogP contribution in [0.25, 0.3) is 6.20 Å². The lowest BCUT2D eigenvalue weighted by Crippen LogP contribution is -2.20. The summed E-state index contributed by atoms with van der Waals surface area (Å²) >= 11 is 1.72. The molecule has 1 aliphatic heterocycles. The summed E-state index contributed by atoms with van der Waals surface area (Å²) < 4.78 is 1.18. The third kappa shape index (κ3) is 1.28. The van der Waals surface area contributed by atoms with Crippen LogP contribution in [0.1, 0.15) is 0 Å². The van der Waals surface area contributed by atoms with Gasteiger partial charge in [0.2, 0.25) is 0 Å². The summed E-state index contributed by atoms with van der Waals surface area (Å²) in [5, 5.41) is 3.35. The van der Waals surface area contributed by atoms with E-state index in [0.717, 1.165) is 13.1 Å². The zero-order valence-corrected chi connectivity index (χ0v) is 7.27. The van der Waals surface area contributed by atoms with Gasteiger partial charge in [0.25, 0.3) is 0 Å². The van der Waals surface area contributed by atoms with E-state index < -0.39 is 0 Å². The molecule has 3 heteroatoms. The Balaban J connectivity index is 2.65. The van der Waals surface area contributed by atoms with Gasteiger partial charge in [-0.2, -0.15) is 0 Å². The first-order valence-corrected chi connectivity index (χ1v) is 4.54. The van der Waals surface area contributed by atoms with Gasteiger partial charge in [-0.3, -0.25) is 4.99 Å². The van der Waals surface area contributed by atoms with Crippen molar-refractivity contribution in [1.29, 1.82) is 0 Å². The van der Waals surface area contributed by atoms with Crippen molar-refractivity contribution in [3.63, 3.8) is 0 Å². The highest BCUT2D eigenvalue weighted by molar-refractivity contribution is 7.07. The van der Waals surface area contributed by atoms with Crippen molar-refractivity contribution in [3.05, 3.63) is 21.3 Å². The smallest absolute Gasteiger partial charge is 0.119 e. The number of nitrogens with zero attached hydrogens (tertiary/aromatic N) is 2. The van der Waals surface area contributed by atoms with Crippen LogP contribution in [-0.2, 0) is 0 Å². The van der Waals surface area contributed by atoms with E-state index in [0.29, 0.717) is 0 Å². The molecule has 0 fully saturated rings. The van der Waals surface area contributed by atoms with Crippen LogP contribution in [0.3, 0.4) is 0 Å². The second kappa shape index (κ2) is 2.66. The van der Waals surface area contributed by atoms with Gasteiger partial charge in [0.15, 0.2) is 0 Å². The number of rotatable bonds is 0. The van der Waals surface area contributed by atoms with Gasteiger partial charge in [-0.1, -0.05) is 0 Å². The molecule has 0 bridgehead atoms. The fourth-order valence-electron chi connectivity index (χ4n) is 1.15. The Morgan fingerprint density at radius 1 is 1.64 bits per heavy atom. The standard InChI is InChI=1S/C8H10N2S/c1-10-4-3-9-8-7(6-10)2-5-11-8/h2,5-6H,3-4H2,1H3. The van der Waals surface area contributed by atoms with Gasteiger partial charge in [-0.25, -0.2) is 0 Å². The fraction of sp³-hybridized carbons (Fsp3) is 0.375. The van der Waals surface area contributed by atoms with Crippen LogP contribution < -0.4 is 9.89 Å². The highest BCUT2D eigenvalue weighted by atomic mass is 32.1. The summed E-state index contributed by atoms with van der Waals surface area (Å²) in [6.07, 6.45) is 2.16. The van der Waals surface area contributed by atoms with E-state index in [2.05, 4.69) is 34.6 Å². The molecule has 1 aromatic rings. The molecule has 2 nitrogen and oxygen atoms in total. The summed E-state index contributed by atoms with van der Waals surface area (Å²) in [4.78, 5) is 6.63. The van der Waals surface area contributed by atoms with E-state index in [-0.39, 0.29) is 0 Å². The minimum absolute atomic E-state index is 0.917. The number of fused-ring (bicyclic) bond motifs is 1. The fourth-order valence-corrected chi connectivity index (χ4v) is 1.92. The minimum Gasteiger partial charge on any atom is -0.378 e. The molecule has 0 unspecified atom stereocenters. The maximum absolute atomic E-state index is 4.44. The van der Waals surface area contributed by atoms with E-state index in [1.165, 1.54) is 9.89 Å². The van der Waals surface area contributed by atoms with Crippen LogP contribution in [0.2, 0.25) is 0 Å². The highest BCUT2D eigenvalue weighted by Crippen LogP contribution is 1.89. The molecule has 0 N–H and O–H groups in total. The van der Waals surface area contributed by atoms with Crippen LogP contribution in [-0.4, -0.2) is 25.0 Å². The first kappa shape index (κ1) is 6.85. The third-order valence-corrected chi connectivity index (χ3v) is 2.60. The molecule has 0 saturated carbocycles. The Morgan fingerprint density at radius 2 is 2.55 bits per heavy atom. The highest BCUT2D eigenvalue weighted by Gasteiger charge is 1.97. The Kier molecular flexibility index (Phi) is 1.66. The molecular weight excluding hydrogens is 156 g/mol. The largest absolute Gasteiger partial charge is 0.378 e. The minimum atomic E-state index is 0.917. The quantitative estimate of drug-likeness (QED) is 0.532. The number of hydrogen-bond acceptors (Lipinski definition) is 3. The predicted molar refractivity (Wildman–Crippen MR) is 47.1 cm³/mol. The van der Waals surface area contributed by atoms with Crippen molar-refractivity contribution < 1.29 is 0 Å². The van der Waals surface area contributed by atoms with Gasteiger partial charge in [-0.15, -0.1) is 11.3 Å². The topological polar surface area (TPSA) is 15.6 Å². The molecule has 2 rings (SSSR count). The lowest BCUT2D eigenvalue weighted by atomic mass is 10.5. The van der Waals surface area contributed by atoms with E-state index in [4.69, 9.17) is 0 Å². The SMILES string of the molecule is CN1C=c2ccsc2=NCC1. The summed E-state index contributed by atoms with van der Waals surface area (Å²) in [6, 6.07) is 2.12. The zero-order valence-electron chi connectivity index (χ0n) is 6.45. The van der Waals surface area contributed by atoms with E-state index >= 15 is 0 Å². The third-order valence-electron chi connectivity index (χ3n) is 1.74. The molecule has 11 heavy (non-hydrogen) atoms. The Bertz CT molecular complexity index is 352. The van der Waals surface area contributed by atoms with Gasteiger partial charge < -0.3 is 4.90 Å². The monoisotopic (exact) mass is 166 g/mol. The first-order valence-electron chi connectivity index (χ1n) is 3.66. The molecule has 0 amide bonds. The molecule has 0 radical (unpaired) electrons. The van der Waals surface area contributed by atoms with Crippen molar-refractivity contribution in [1.82, 2.24) is 4.90 Å². The van der Waals surface area contributed by atoms with E-state index in [9.17, 15) is 0 Å². The zero-order chi connectivity index (χ0) is 7.68. The lowest BCUT2D eigenvalue weighted by molar-refractivity contribution is 0.511. The molecule has 58 valence electrons. The van der Waals surface area contributed by atoms with Crippen molar-refractivity contribution in [2.45, 2.75) is 0 Å². The van der Waals surface area contributed by atoms with Gasteiger partial charge in [0.1, 0.15) is 4.67 Å². The van der Waals surface area contributed by atoms with E-state index in [1.807, 2.05) is 0 Å². The van der Waals surface area contributed by atoms with Gasteiger partial charge >= 0.3 is 0 Å². The molecule has 1 aliphatic rings. The Labute approximate surface area is 69.5 Å². The maximum Gasteiger partial charge on any atom is 0.119 e.